The molecule has 4 nitrogen and oxygen atoms in total. The fourth-order valence-corrected chi connectivity index (χ4v) is 5.61. The van der Waals surface area contributed by atoms with Crippen molar-refractivity contribution < 1.29 is 19.7 Å². The van der Waals surface area contributed by atoms with E-state index in [1.54, 1.807) is 0 Å². The van der Waals surface area contributed by atoms with E-state index in [1.165, 1.54) is 12.7 Å². The lowest BCUT2D eigenvalue weighted by Gasteiger charge is -2.45. The van der Waals surface area contributed by atoms with Crippen LogP contribution < -0.4 is 0 Å². The molecule has 3 unspecified atom stereocenters. The van der Waals surface area contributed by atoms with Crippen molar-refractivity contribution in [3.05, 3.63) is 47.5 Å². The van der Waals surface area contributed by atoms with Crippen molar-refractivity contribution in [2.75, 3.05) is 13.7 Å². The molecule has 3 rings (SSSR count). The zero-order chi connectivity index (χ0) is 19.9. The summed E-state index contributed by atoms with van der Waals surface area (Å²) in [6, 6.07) is 8.20. The number of aliphatic hydroxyl groups excluding tert-OH is 1. The second-order valence-corrected chi connectivity index (χ2v) is 8.62. The SMILES string of the molecule is C=C1C2CCC(C(=O)CCc3cccc(CCCO)c3)(C1(C)C)C2(O)OC. The lowest BCUT2D eigenvalue weighted by Crippen LogP contribution is -2.55. The largest absolute Gasteiger partial charge is 0.396 e. The second-order valence-electron chi connectivity index (χ2n) is 8.62. The normalized spacial score (nSPS) is 31.4. The number of fused-ring (bicyclic) bond motifs is 2. The first-order valence-corrected chi connectivity index (χ1v) is 9.93. The summed E-state index contributed by atoms with van der Waals surface area (Å²) in [6.07, 6.45) is 3.97. The number of ketones is 1. The van der Waals surface area contributed by atoms with Crippen LogP contribution in [-0.4, -0.2) is 35.5 Å². The van der Waals surface area contributed by atoms with Gasteiger partial charge in [0.2, 0.25) is 0 Å². The van der Waals surface area contributed by atoms with Crippen LogP contribution in [0.3, 0.4) is 0 Å². The van der Waals surface area contributed by atoms with E-state index in [2.05, 4.69) is 18.7 Å². The number of benzene rings is 1. The summed E-state index contributed by atoms with van der Waals surface area (Å²) in [5, 5.41) is 20.3. The molecule has 0 aromatic heterocycles. The second kappa shape index (κ2) is 7.16. The number of aryl methyl sites for hydroxylation is 2. The van der Waals surface area contributed by atoms with Crippen LogP contribution >= 0.6 is 0 Å². The average molecular weight is 373 g/mol. The van der Waals surface area contributed by atoms with Gasteiger partial charge in [-0.1, -0.05) is 50.3 Å². The molecule has 1 aromatic carbocycles. The third-order valence-corrected chi connectivity index (χ3v) is 7.23. The van der Waals surface area contributed by atoms with Gasteiger partial charge >= 0.3 is 0 Å². The molecule has 2 fully saturated rings. The molecule has 2 bridgehead atoms. The number of hydrogen-bond donors (Lipinski definition) is 2. The predicted octanol–water partition coefficient (Wildman–Crippen LogP) is 3.44. The van der Waals surface area contributed by atoms with Gasteiger partial charge in [-0.3, -0.25) is 4.79 Å². The van der Waals surface area contributed by atoms with Crippen LogP contribution in [0.25, 0.3) is 0 Å². The Morgan fingerprint density at radius 3 is 2.59 bits per heavy atom. The minimum Gasteiger partial charge on any atom is -0.396 e. The summed E-state index contributed by atoms with van der Waals surface area (Å²) < 4.78 is 5.58. The van der Waals surface area contributed by atoms with Crippen molar-refractivity contribution in [3.8, 4) is 0 Å². The van der Waals surface area contributed by atoms with Gasteiger partial charge in [-0.2, -0.15) is 0 Å². The molecule has 148 valence electrons. The first kappa shape index (κ1) is 20.2. The van der Waals surface area contributed by atoms with Crippen molar-refractivity contribution in [1.29, 1.82) is 0 Å². The molecule has 0 aliphatic heterocycles. The van der Waals surface area contributed by atoms with Crippen molar-refractivity contribution in [3.63, 3.8) is 0 Å². The van der Waals surface area contributed by atoms with Gasteiger partial charge < -0.3 is 14.9 Å². The Morgan fingerprint density at radius 2 is 1.96 bits per heavy atom. The fourth-order valence-electron chi connectivity index (χ4n) is 5.61. The molecule has 0 saturated heterocycles. The quantitative estimate of drug-likeness (QED) is 0.542. The Balaban J connectivity index is 1.80. The number of rotatable bonds is 8. The van der Waals surface area contributed by atoms with Gasteiger partial charge in [0.25, 0.3) is 0 Å². The number of hydrogen-bond acceptors (Lipinski definition) is 4. The summed E-state index contributed by atoms with van der Waals surface area (Å²) >= 11 is 0. The fraction of sp³-hybridized carbons (Fsp3) is 0.609. The van der Waals surface area contributed by atoms with Gasteiger partial charge in [0, 0.05) is 31.5 Å². The van der Waals surface area contributed by atoms with E-state index < -0.39 is 16.6 Å². The standard InChI is InChI=1S/C23H32O4/c1-16-19-12-13-22(21(16,2)3,23(19,26)27-4)20(25)11-10-18-8-5-7-17(15-18)9-6-14-24/h5,7-8,15,19,24,26H,1,6,9-14H2,2-4H3. The molecule has 0 radical (unpaired) electrons. The summed E-state index contributed by atoms with van der Waals surface area (Å²) in [6.45, 7) is 8.43. The Labute approximate surface area is 162 Å². The molecule has 2 N–H and O–H groups in total. The lowest BCUT2D eigenvalue weighted by atomic mass is 9.59. The minimum atomic E-state index is -1.45. The molecule has 2 aliphatic rings. The van der Waals surface area contributed by atoms with Gasteiger partial charge in [0.05, 0.1) is 5.41 Å². The zero-order valence-corrected chi connectivity index (χ0v) is 16.8. The maximum Gasteiger partial charge on any atom is 0.185 e. The Hall–Kier alpha value is -1.49. The number of carbonyl (C=O) groups excluding carboxylic acids is 1. The van der Waals surface area contributed by atoms with Crippen molar-refractivity contribution in [2.45, 2.75) is 58.2 Å². The summed E-state index contributed by atoms with van der Waals surface area (Å²) in [4.78, 5) is 13.5. The molecule has 2 aliphatic carbocycles. The monoisotopic (exact) mass is 372 g/mol. The van der Waals surface area contributed by atoms with E-state index >= 15 is 0 Å². The van der Waals surface area contributed by atoms with E-state index in [4.69, 9.17) is 9.84 Å². The highest BCUT2D eigenvalue weighted by atomic mass is 16.6. The van der Waals surface area contributed by atoms with E-state index in [1.807, 2.05) is 26.0 Å². The van der Waals surface area contributed by atoms with Crippen molar-refractivity contribution in [2.24, 2.45) is 16.7 Å². The van der Waals surface area contributed by atoms with Crippen molar-refractivity contribution in [1.82, 2.24) is 0 Å². The van der Waals surface area contributed by atoms with E-state index in [0.717, 1.165) is 30.4 Å². The maximum atomic E-state index is 13.5. The molecule has 4 heteroatoms. The van der Waals surface area contributed by atoms with Crippen LogP contribution in [0.5, 0.6) is 0 Å². The topological polar surface area (TPSA) is 66.8 Å². The highest BCUT2D eigenvalue weighted by Crippen LogP contribution is 2.72. The first-order valence-electron chi connectivity index (χ1n) is 9.93. The van der Waals surface area contributed by atoms with Crippen molar-refractivity contribution >= 4 is 5.78 Å². The highest BCUT2D eigenvalue weighted by Gasteiger charge is 2.76. The lowest BCUT2D eigenvalue weighted by molar-refractivity contribution is -0.252. The van der Waals surface area contributed by atoms with Gasteiger partial charge in [-0.15, -0.1) is 0 Å². The number of methoxy groups -OCH3 is 1. The Kier molecular flexibility index (Phi) is 5.37. The smallest absolute Gasteiger partial charge is 0.185 e. The van der Waals surface area contributed by atoms with Crippen LogP contribution in [0.1, 0.15) is 50.7 Å². The van der Waals surface area contributed by atoms with Crippen LogP contribution in [0.15, 0.2) is 36.4 Å². The summed E-state index contributed by atoms with van der Waals surface area (Å²) in [7, 11) is 1.50. The minimum absolute atomic E-state index is 0.0683. The van der Waals surface area contributed by atoms with Crippen LogP contribution in [0, 0.1) is 16.7 Å². The molecule has 27 heavy (non-hydrogen) atoms. The van der Waals surface area contributed by atoms with Gasteiger partial charge in [-0.25, -0.2) is 0 Å². The molecular formula is C23H32O4. The molecule has 2 saturated carbocycles. The average Bonchev–Trinajstić information content (AvgIpc) is 3.03. The zero-order valence-electron chi connectivity index (χ0n) is 16.8. The van der Waals surface area contributed by atoms with Gasteiger partial charge in [0.15, 0.2) is 5.79 Å². The molecule has 0 heterocycles. The Bertz CT molecular complexity index is 738. The van der Waals surface area contributed by atoms with Gasteiger partial charge in [0.1, 0.15) is 5.78 Å². The molecule has 1 aromatic rings. The Morgan fingerprint density at radius 1 is 1.30 bits per heavy atom. The molecule has 0 spiro atoms. The van der Waals surface area contributed by atoms with E-state index in [-0.39, 0.29) is 18.3 Å². The number of carbonyl (C=O) groups is 1. The first-order chi connectivity index (χ1) is 12.7. The number of aliphatic hydroxyl groups is 2. The summed E-state index contributed by atoms with van der Waals surface area (Å²) in [5.74, 6) is -1.56. The van der Waals surface area contributed by atoms with E-state index in [9.17, 15) is 9.90 Å². The number of Topliss-reactive ketones (excluding diaryl/α,β-unsaturated/α-hetero) is 1. The van der Waals surface area contributed by atoms with Crippen LogP contribution in [0.2, 0.25) is 0 Å². The molecule has 0 amide bonds. The predicted molar refractivity (Wildman–Crippen MR) is 105 cm³/mol. The van der Waals surface area contributed by atoms with Gasteiger partial charge in [-0.05, 0) is 43.2 Å². The van der Waals surface area contributed by atoms with E-state index in [0.29, 0.717) is 19.3 Å². The molecule has 3 atom stereocenters. The van der Waals surface area contributed by atoms with Crippen LogP contribution in [0.4, 0.5) is 0 Å². The summed E-state index contributed by atoms with van der Waals surface area (Å²) in [5.41, 5.74) is 1.81. The maximum absolute atomic E-state index is 13.5. The highest BCUT2D eigenvalue weighted by molar-refractivity contribution is 5.89. The number of ether oxygens (including phenoxy) is 1. The molecular weight excluding hydrogens is 340 g/mol. The third-order valence-electron chi connectivity index (χ3n) is 7.23. The van der Waals surface area contributed by atoms with Crippen LogP contribution in [-0.2, 0) is 22.4 Å². The third kappa shape index (κ3) is 2.81.